The lowest BCUT2D eigenvalue weighted by molar-refractivity contribution is -0.116. The molecule has 2 rings (SSSR count). The van der Waals surface area contributed by atoms with Crippen LogP contribution in [0.25, 0.3) is 0 Å². The first-order valence-electron chi connectivity index (χ1n) is 8.82. The van der Waals surface area contributed by atoms with Gasteiger partial charge in [-0.3, -0.25) is 4.79 Å². The number of rotatable bonds is 9. The van der Waals surface area contributed by atoms with Gasteiger partial charge >= 0.3 is 0 Å². The van der Waals surface area contributed by atoms with E-state index in [0.717, 1.165) is 24.4 Å². The number of methoxy groups -OCH3 is 1. The molecule has 134 valence electrons. The zero-order valence-corrected chi connectivity index (χ0v) is 15.3. The van der Waals surface area contributed by atoms with Crippen LogP contribution in [-0.2, 0) is 11.2 Å². The van der Waals surface area contributed by atoms with Crippen LogP contribution in [0.3, 0.4) is 0 Å². The Labute approximate surface area is 150 Å². The van der Waals surface area contributed by atoms with Crippen molar-refractivity contribution in [2.45, 2.75) is 32.6 Å². The average Bonchev–Trinajstić information content (AvgIpc) is 2.62. The molecule has 0 radical (unpaired) electrons. The summed E-state index contributed by atoms with van der Waals surface area (Å²) in [4.78, 5) is 12.0. The van der Waals surface area contributed by atoms with E-state index in [9.17, 15) is 4.79 Å². The van der Waals surface area contributed by atoms with E-state index in [1.165, 1.54) is 11.1 Å². The van der Waals surface area contributed by atoms with Crippen molar-refractivity contribution in [1.29, 1.82) is 0 Å². The van der Waals surface area contributed by atoms with E-state index in [4.69, 9.17) is 4.74 Å². The molecule has 4 heteroatoms. The second-order valence-corrected chi connectivity index (χ2v) is 6.42. The monoisotopic (exact) mass is 340 g/mol. The molecule has 0 aliphatic rings. The summed E-state index contributed by atoms with van der Waals surface area (Å²) in [5, 5.41) is 6.25. The van der Waals surface area contributed by atoms with Gasteiger partial charge in [-0.25, -0.2) is 0 Å². The number of amides is 1. The number of ether oxygens (including phenoxy) is 1. The van der Waals surface area contributed by atoms with Gasteiger partial charge in [0, 0.05) is 18.7 Å². The Morgan fingerprint density at radius 2 is 1.68 bits per heavy atom. The quantitative estimate of drug-likeness (QED) is 0.679. The highest BCUT2D eigenvalue weighted by molar-refractivity contribution is 5.90. The van der Waals surface area contributed by atoms with Crippen LogP contribution in [0.4, 0.5) is 5.69 Å². The third-order valence-electron chi connectivity index (χ3n) is 4.14. The molecule has 1 amide bonds. The van der Waals surface area contributed by atoms with E-state index in [-0.39, 0.29) is 5.91 Å². The van der Waals surface area contributed by atoms with Gasteiger partial charge in [-0.05, 0) is 54.3 Å². The molecule has 0 saturated heterocycles. The number of carbonyl (C=O) groups is 1. The number of carbonyl (C=O) groups excluding carboxylic acids is 1. The lowest BCUT2D eigenvalue weighted by atomic mass is 10.0. The summed E-state index contributed by atoms with van der Waals surface area (Å²) < 4.78 is 5.15. The zero-order valence-electron chi connectivity index (χ0n) is 15.3. The van der Waals surface area contributed by atoms with E-state index in [1.807, 2.05) is 24.3 Å². The van der Waals surface area contributed by atoms with Crippen molar-refractivity contribution in [3.8, 4) is 5.75 Å². The summed E-state index contributed by atoms with van der Waals surface area (Å²) in [7, 11) is 1.67. The summed E-state index contributed by atoms with van der Waals surface area (Å²) in [5.74, 6) is 1.41. The van der Waals surface area contributed by atoms with Crippen molar-refractivity contribution in [2.24, 2.45) is 0 Å². The van der Waals surface area contributed by atoms with Gasteiger partial charge in [-0.2, -0.15) is 0 Å². The van der Waals surface area contributed by atoms with Crippen LogP contribution in [0, 0.1) is 0 Å². The Morgan fingerprint density at radius 1 is 1.00 bits per heavy atom. The largest absolute Gasteiger partial charge is 0.497 e. The molecule has 0 bridgehead atoms. The van der Waals surface area contributed by atoms with Gasteiger partial charge in [0.2, 0.25) is 5.91 Å². The molecule has 0 aliphatic heterocycles. The lowest BCUT2D eigenvalue weighted by Crippen LogP contribution is -2.23. The molecule has 4 nitrogen and oxygen atoms in total. The predicted octanol–water partition coefficient (Wildman–Crippen LogP) is 3.98. The summed E-state index contributed by atoms with van der Waals surface area (Å²) >= 11 is 0. The Balaban J connectivity index is 1.63. The minimum absolute atomic E-state index is 0.0363. The maximum absolute atomic E-state index is 12.0. The second-order valence-electron chi connectivity index (χ2n) is 6.42. The first-order chi connectivity index (χ1) is 12.1. The number of benzene rings is 2. The normalized spacial score (nSPS) is 10.7. The Kier molecular flexibility index (Phi) is 7.48. The van der Waals surface area contributed by atoms with Crippen LogP contribution < -0.4 is 15.4 Å². The summed E-state index contributed by atoms with van der Waals surface area (Å²) in [6.45, 7) is 5.84. The molecule has 2 aromatic carbocycles. The maximum atomic E-state index is 12.0. The minimum Gasteiger partial charge on any atom is -0.497 e. The van der Waals surface area contributed by atoms with E-state index in [0.29, 0.717) is 18.9 Å². The predicted molar refractivity (Wildman–Crippen MR) is 103 cm³/mol. The van der Waals surface area contributed by atoms with Crippen LogP contribution in [0.5, 0.6) is 5.75 Å². The Bertz CT molecular complexity index is 649. The maximum Gasteiger partial charge on any atom is 0.225 e. The highest BCUT2D eigenvalue weighted by Gasteiger charge is 2.03. The summed E-state index contributed by atoms with van der Waals surface area (Å²) in [6, 6.07) is 16.1. The summed E-state index contributed by atoms with van der Waals surface area (Å²) in [5.41, 5.74) is 3.38. The smallest absolute Gasteiger partial charge is 0.225 e. The molecule has 25 heavy (non-hydrogen) atoms. The molecule has 2 aromatic rings. The summed E-state index contributed by atoms with van der Waals surface area (Å²) in [6.07, 6.45) is 1.40. The molecule has 0 heterocycles. The van der Waals surface area contributed by atoms with Crippen LogP contribution >= 0.6 is 0 Å². The second kappa shape index (κ2) is 9.84. The Hall–Kier alpha value is -2.33. The first-order valence-corrected chi connectivity index (χ1v) is 8.82. The van der Waals surface area contributed by atoms with Crippen LogP contribution in [0.15, 0.2) is 48.5 Å². The highest BCUT2D eigenvalue weighted by atomic mass is 16.5. The van der Waals surface area contributed by atoms with Crippen molar-refractivity contribution in [2.75, 3.05) is 25.5 Å². The first kappa shape index (κ1) is 19.0. The fourth-order valence-corrected chi connectivity index (χ4v) is 2.53. The molecule has 0 fully saturated rings. The van der Waals surface area contributed by atoms with Crippen LogP contribution in [0.1, 0.15) is 37.3 Å². The van der Waals surface area contributed by atoms with Gasteiger partial charge in [0.25, 0.3) is 0 Å². The molecular weight excluding hydrogens is 312 g/mol. The standard InChI is InChI=1S/C21H28N2O2/c1-16(2)18-6-8-19(9-7-18)23-21(24)13-15-22-14-12-17-4-10-20(25-3)11-5-17/h4-11,16,22H,12-15H2,1-3H3,(H,23,24). The van der Waals surface area contributed by atoms with Gasteiger partial charge in [-0.15, -0.1) is 0 Å². The van der Waals surface area contributed by atoms with Gasteiger partial charge < -0.3 is 15.4 Å². The molecular formula is C21H28N2O2. The third kappa shape index (κ3) is 6.59. The van der Waals surface area contributed by atoms with E-state index < -0.39 is 0 Å². The topological polar surface area (TPSA) is 50.4 Å². The fraction of sp³-hybridized carbons (Fsp3) is 0.381. The molecule has 0 spiro atoms. The molecule has 0 aliphatic carbocycles. The molecule has 2 N–H and O–H groups in total. The van der Waals surface area contributed by atoms with Crippen molar-refractivity contribution >= 4 is 11.6 Å². The SMILES string of the molecule is COc1ccc(CCNCCC(=O)Nc2ccc(C(C)C)cc2)cc1. The Morgan fingerprint density at radius 3 is 2.28 bits per heavy atom. The van der Waals surface area contributed by atoms with Gasteiger partial charge in [0.1, 0.15) is 5.75 Å². The van der Waals surface area contributed by atoms with Crippen molar-refractivity contribution in [3.05, 3.63) is 59.7 Å². The third-order valence-corrected chi connectivity index (χ3v) is 4.14. The molecule has 0 unspecified atom stereocenters. The zero-order chi connectivity index (χ0) is 18.1. The molecule has 0 atom stereocenters. The van der Waals surface area contributed by atoms with E-state index >= 15 is 0 Å². The fourth-order valence-electron chi connectivity index (χ4n) is 2.53. The van der Waals surface area contributed by atoms with Crippen molar-refractivity contribution in [1.82, 2.24) is 5.32 Å². The van der Waals surface area contributed by atoms with Crippen LogP contribution in [0.2, 0.25) is 0 Å². The van der Waals surface area contributed by atoms with Gasteiger partial charge in [0.05, 0.1) is 7.11 Å². The van der Waals surface area contributed by atoms with Crippen molar-refractivity contribution < 1.29 is 9.53 Å². The lowest BCUT2D eigenvalue weighted by Gasteiger charge is -2.09. The average molecular weight is 340 g/mol. The number of hydrogen-bond donors (Lipinski definition) is 2. The van der Waals surface area contributed by atoms with Crippen molar-refractivity contribution in [3.63, 3.8) is 0 Å². The van der Waals surface area contributed by atoms with E-state index in [2.05, 4.69) is 48.7 Å². The number of hydrogen-bond acceptors (Lipinski definition) is 3. The minimum atomic E-state index is 0.0363. The number of nitrogens with one attached hydrogen (secondary N) is 2. The van der Waals surface area contributed by atoms with Crippen LogP contribution in [-0.4, -0.2) is 26.1 Å². The highest BCUT2D eigenvalue weighted by Crippen LogP contribution is 2.17. The van der Waals surface area contributed by atoms with Gasteiger partial charge in [0.15, 0.2) is 0 Å². The molecule has 0 aromatic heterocycles. The van der Waals surface area contributed by atoms with E-state index in [1.54, 1.807) is 7.11 Å². The number of anilines is 1. The molecule has 0 saturated carbocycles. The van der Waals surface area contributed by atoms with Gasteiger partial charge in [-0.1, -0.05) is 38.1 Å².